The fourth-order valence-electron chi connectivity index (χ4n) is 3.16. The number of nitrogens with one attached hydrogen (secondary N) is 1. The SMILES string of the molecule is Cc1ccc(/C=N/Nc2nc3c(N)ncnc3n2[C@@H]2O[C@H](CO)[C@@H](O)[C@@H]2O)cc1. The number of aromatic nitrogens is 4. The van der Waals surface area contributed by atoms with Gasteiger partial charge in [-0.15, -0.1) is 0 Å². The number of hydrogen-bond donors (Lipinski definition) is 5. The highest BCUT2D eigenvalue weighted by atomic mass is 16.6. The summed E-state index contributed by atoms with van der Waals surface area (Å²) < 4.78 is 7.06. The number of anilines is 2. The topological polar surface area (TPSA) is 164 Å². The minimum absolute atomic E-state index is 0.144. The van der Waals surface area contributed by atoms with Crippen molar-refractivity contribution in [3.05, 3.63) is 41.7 Å². The van der Waals surface area contributed by atoms with E-state index in [1.165, 1.54) is 10.9 Å². The summed E-state index contributed by atoms with van der Waals surface area (Å²) in [5, 5.41) is 34.1. The third-order valence-electron chi connectivity index (χ3n) is 4.73. The van der Waals surface area contributed by atoms with E-state index < -0.39 is 31.1 Å². The lowest BCUT2D eigenvalue weighted by Gasteiger charge is -2.18. The number of rotatable bonds is 5. The van der Waals surface area contributed by atoms with Crippen LogP contribution in [-0.4, -0.2) is 66.0 Å². The molecule has 152 valence electrons. The number of imidazole rings is 1. The molecule has 3 heterocycles. The van der Waals surface area contributed by atoms with E-state index in [0.29, 0.717) is 11.2 Å². The molecule has 29 heavy (non-hydrogen) atoms. The van der Waals surface area contributed by atoms with Gasteiger partial charge in [0.2, 0.25) is 5.95 Å². The molecule has 0 unspecified atom stereocenters. The molecule has 2 aromatic heterocycles. The highest BCUT2D eigenvalue weighted by molar-refractivity contribution is 5.84. The third kappa shape index (κ3) is 3.51. The first-order chi connectivity index (χ1) is 14.0. The quantitative estimate of drug-likeness (QED) is 0.288. The van der Waals surface area contributed by atoms with Gasteiger partial charge < -0.3 is 25.8 Å². The Morgan fingerprint density at radius 2 is 2.00 bits per heavy atom. The number of hydrogen-bond acceptors (Lipinski definition) is 10. The lowest BCUT2D eigenvalue weighted by Crippen LogP contribution is -2.33. The number of fused-ring (bicyclic) bond motifs is 1. The summed E-state index contributed by atoms with van der Waals surface area (Å²) in [6.07, 6.45) is -1.73. The highest BCUT2D eigenvalue weighted by Crippen LogP contribution is 2.35. The molecule has 1 fully saturated rings. The van der Waals surface area contributed by atoms with Crippen LogP contribution in [-0.2, 0) is 4.74 Å². The van der Waals surface area contributed by atoms with Gasteiger partial charge in [-0.25, -0.2) is 20.4 Å². The Morgan fingerprint density at radius 3 is 2.69 bits per heavy atom. The molecule has 6 N–H and O–H groups in total. The zero-order valence-corrected chi connectivity index (χ0v) is 15.5. The molecule has 4 atom stereocenters. The minimum Gasteiger partial charge on any atom is -0.394 e. The van der Waals surface area contributed by atoms with Crippen LogP contribution in [0.15, 0.2) is 35.7 Å². The maximum Gasteiger partial charge on any atom is 0.228 e. The number of aliphatic hydroxyl groups is 3. The molecule has 11 heteroatoms. The summed E-state index contributed by atoms with van der Waals surface area (Å²) >= 11 is 0. The molecule has 0 bridgehead atoms. The van der Waals surface area contributed by atoms with Crippen LogP contribution in [0.3, 0.4) is 0 Å². The van der Waals surface area contributed by atoms with E-state index in [1.54, 1.807) is 6.21 Å². The van der Waals surface area contributed by atoms with E-state index in [4.69, 9.17) is 10.5 Å². The van der Waals surface area contributed by atoms with Gasteiger partial charge in [0, 0.05) is 0 Å². The summed E-state index contributed by atoms with van der Waals surface area (Å²) in [6, 6.07) is 7.76. The largest absolute Gasteiger partial charge is 0.394 e. The van der Waals surface area contributed by atoms with Crippen LogP contribution >= 0.6 is 0 Å². The van der Waals surface area contributed by atoms with E-state index in [1.807, 2.05) is 31.2 Å². The van der Waals surface area contributed by atoms with Gasteiger partial charge in [-0.05, 0) is 12.5 Å². The number of aryl methyl sites for hydroxylation is 1. The normalized spacial score (nSPS) is 24.6. The predicted octanol–water partition coefficient (Wildman–Crippen LogP) is -0.226. The van der Waals surface area contributed by atoms with E-state index in [0.717, 1.165) is 11.1 Å². The van der Waals surface area contributed by atoms with Crippen molar-refractivity contribution < 1.29 is 20.1 Å². The minimum atomic E-state index is -1.32. The molecule has 0 aliphatic carbocycles. The molecular formula is C18H21N7O4. The number of nitrogens with zero attached hydrogens (tertiary/aromatic N) is 5. The van der Waals surface area contributed by atoms with Crippen molar-refractivity contribution in [1.82, 2.24) is 19.5 Å². The van der Waals surface area contributed by atoms with Gasteiger partial charge in [0.05, 0.1) is 12.8 Å². The van der Waals surface area contributed by atoms with Gasteiger partial charge in [0.15, 0.2) is 23.2 Å². The fraction of sp³-hybridized carbons (Fsp3) is 0.333. The first-order valence-corrected chi connectivity index (χ1v) is 8.96. The van der Waals surface area contributed by atoms with Crippen LogP contribution in [0.5, 0.6) is 0 Å². The number of aliphatic hydroxyl groups excluding tert-OH is 3. The summed E-state index contributed by atoms with van der Waals surface area (Å²) in [5.74, 6) is 0.330. The average molecular weight is 399 g/mol. The molecule has 1 saturated heterocycles. The standard InChI is InChI=1S/C18H21N7O4/c1-9-2-4-10(5-3-9)6-22-24-18-23-12-15(19)20-8-21-16(12)25(18)17-14(28)13(27)11(7-26)29-17/h2-6,8,11,13-14,17,26-28H,7H2,1H3,(H,23,24)(H2,19,20,21)/b22-6+/t11-,13-,14+,17-/m1/s1. The Hall–Kier alpha value is -3.12. The highest BCUT2D eigenvalue weighted by Gasteiger charge is 2.45. The van der Waals surface area contributed by atoms with Crippen LogP contribution in [0.25, 0.3) is 11.2 Å². The number of nitrogen functional groups attached to an aromatic ring is 1. The number of hydrazone groups is 1. The molecule has 4 rings (SSSR count). The molecule has 1 aliphatic rings. The summed E-state index contributed by atoms with van der Waals surface area (Å²) in [4.78, 5) is 12.5. The zero-order chi connectivity index (χ0) is 20.5. The second-order valence-electron chi connectivity index (χ2n) is 6.75. The van der Waals surface area contributed by atoms with E-state index >= 15 is 0 Å². The van der Waals surface area contributed by atoms with Gasteiger partial charge in [0.1, 0.15) is 24.6 Å². The smallest absolute Gasteiger partial charge is 0.228 e. The number of ether oxygens (including phenoxy) is 1. The van der Waals surface area contributed by atoms with Crippen molar-refractivity contribution >= 4 is 29.1 Å². The Bertz CT molecular complexity index is 1040. The van der Waals surface area contributed by atoms with Crippen LogP contribution < -0.4 is 11.2 Å². The van der Waals surface area contributed by atoms with Gasteiger partial charge in [-0.1, -0.05) is 29.8 Å². The Kier molecular flexibility index (Phi) is 5.11. The van der Waals surface area contributed by atoms with Crippen LogP contribution in [0.1, 0.15) is 17.4 Å². The van der Waals surface area contributed by atoms with Crippen molar-refractivity contribution in [2.75, 3.05) is 17.8 Å². The summed E-state index contributed by atoms with van der Waals surface area (Å²) in [7, 11) is 0. The van der Waals surface area contributed by atoms with Gasteiger partial charge in [-0.3, -0.25) is 4.57 Å². The second-order valence-corrected chi connectivity index (χ2v) is 6.75. The van der Waals surface area contributed by atoms with Crippen molar-refractivity contribution in [3.8, 4) is 0 Å². The predicted molar refractivity (Wildman–Crippen MR) is 105 cm³/mol. The molecule has 1 aromatic carbocycles. The first kappa shape index (κ1) is 19.2. The van der Waals surface area contributed by atoms with Crippen molar-refractivity contribution in [2.45, 2.75) is 31.5 Å². The molecule has 0 amide bonds. The van der Waals surface area contributed by atoms with E-state index in [2.05, 4.69) is 25.5 Å². The Morgan fingerprint density at radius 1 is 1.24 bits per heavy atom. The lowest BCUT2D eigenvalue weighted by atomic mass is 10.1. The monoisotopic (exact) mass is 399 g/mol. The van der Waals surface area contributed by atoms with Gasteiger partial charge >= 0.3 is 0 Å². The third-order valence-corrected chi connectivity index (χ3v) is 4.73. The van der Waals surface area contributed by atoms with Crippen LogP contribution in [0.2, 0.25) is 0 Å². The number of benzene rings is 1. The van der Waals surface area contributed by atoms with E-state index in [-0.39, 0.29) is 11.8 Å². The Labute approximate surface area is 165 Å². The molecule has 1 aliphatic heterocycles. The second kappa shape index (κ2) is 7.72. The zero-order valence-electron chi connectivity index (χ0n) is 15.5. The molecule has 3 aromatic rings. The summed E-state index contributed by atoms with van der Waals surface area (Å²) in [5.41, 5.74) is 11.3. The summed E-state index contributed by atoms with van der Waals surface area (Å²) in [6.45, 7) is 1.54. The maximum atomic E-state index is 10.4. The molecular weight excluding hydrogens is 378 g/mol. The van der Waals surface area contributed by atoms with Crippen molar-refractivity contribution in [1.29, 1.82) is 0 Å². The fourth-order valence-corrected chi connectivity index (χ4v) is 3.16. The molecule has 11 nitrogen and oxygen atoms in total. The number of nitrogens with two attached hydrogens (primary N) is 1. The van der Waals surface area contributed by atoms with Crippen molar-refractivity contribution in [2.24, 2.45) is 5.10 Å². The van der Waals surface area contributed by atoms with Gasteiger partial charge in [0.25, 0.3) is 0 Å². The van der Waals surface area contributed by atoms with Gasteiger partial charge in [-0.2, -0.15) is 5.10 Å². The van der Waals surface area contributed by atoms with Crippen LogP contribution in [0, 0.1) is 6.92 Å². The Balaban J connectivity index is 1.71. The maximum absolute atomic E-state index is 10.4. The van der Waals surface area contributed by atoms with Crippen molar-refractivity contribution in [3.63, 3.8) is 0 Å². The molecule has 0 saturated carbocycles. The van der Waals surface area contributed by atoms with Crippen LogP contribution in [0.4, 0.5) is 11.8 Å². The molecule has 0 radical (unpaired) electrons. The first-order valence-electron chi connectivity index (χ1n) is 8.96. The van der Waals surface area contributed by atoms with E-state index in [9.17, 15) is 15.3 Å². The lowest BCUT2D eigenvalue weighted by molar-refractivity contribution is -0.0501. The molecule has 0 spiro atoms. The average Bonchev–Trinajstić information content (AvgIpc) is 3.22.